The van der Waals surface area contributed by atoms with Crippen molar-refractivity contribution < 1.29 is 9.90 Å². The van der Waals surface area contributed by atoms with E-state index in [0.29, 0.717) is 5.56 Å². The first-order valence-electron chi connectivity index (χ1n) is 5.73. The molecule has 96 valence electrons. The van der Waals surface area contributed by atoms with Crippen molar-refractivity contribution in [2.45, 2.75) is 6.10 Å². The molecule has 19 heavy (non-hydrogen) atoms. The SMILES string of the molecule is O=C(N/N=C\c1cccnc1)[C@H](O)c1ccccc1. The van der Waals surface area contributed by atoms with E-state index in [-0.39, 0.29) is 0 Å². The van der Waals surface area contributed by atoms with Crippen LogP contribution < -0.4 is 5.43 Å². The van der Waals surface area contributed by atoms with Gasteiger partial charge in [-0.15, -0.1) is 0 Å². The molecule has 5 nitrogen and oxygen atoms in total. The number of rotatable bonds is 4. The Morgan fingerprint density at radius 3 is 2.74 bits per heavy atom. The standard InChI is InChI=1S/C14H13N3O2/c18-13(12-6-2-1-3-7-12)14(19)17-16-10-11-5-4-8-15-9-11/h1-10,13,18H,(H,17,19)/b16-10-/t13-/m1/s1. The minimum Gasteiger partial charge on any atom is -0.378 e. The number of nitrogens with zero attached hydrogens (tertiary/aromatic N) is 2. The number of aliphatic hydroxyl groups excluding tert-OH is 1. The van der Waals surface area contributed by atoms with Crippen molar-refractivity contribution in [3.8, 4) is 0 Å². The number of aromatic nitrogens is 1. The molecule has 0 aliphatic heterocycles. The summed E-state index contributed by atoms with van der Waals surface area (Å²) in [5.41, 5.74) is 3.57. The normalized spacial score (nSPS) is 12.3. The zero-order valence-corrected chi connectivity index (χ0v) is 10.1. The van der Waals surface area contributed by atoms with E-state index in [4.69, 9.17) is 0 Å². The molecular formula is C14H13N3O2. The fraction of sp³-hybridized carbons (Fsp3) is 0.0714. The zero-order valence-electron chi connectivity index (χ0n) is 10.1. The van der Waals surface area contributed by atoms with E-state index >= 15 is 0 Å². The van der Waals surface area contributed by atoms with Crippen molar-refractivity contribution in [2.75, 3.05) is 0 Å². The summed E-state index contributed by atoms with van der Waals surface area (Å²) < 4.78 is 0. The molecule has 0 aliphatic carbocycles. The third-order valence-electron chi connectivity index (χ3n) is 2.44. The predicted octanol–water partition coefficient (Wildman–Crippen LogP) is 1.27. The van der Waals surface area contributed by atoms with Gasteiger partial charge in [0.1, 0.15) is 0 Å². The molecule has 1 aromatic carbocycles. The number of carbonyl (C=O) groups is 1. The first-order valence-corrected chi connectivity index (χ1v) is 5.73. The van der Waals surface area contributed by atoms with Gasteiger partial charge in [-0.2, -0.15) is 5.10 Å². The Bertz CT molecular complexity index is 555. The van der Waals surface area contributed by atoms with Gasteiger partial charge < -0.3 is 5.11 Å². The molecule has 0 unspecified atom stereocenters. The molecule has 2 rings (SSSR count). The summed E-state index contributed by atoms with van der Waals surface area (Å²) in [6.07, 6.45) is 3.49. The first-order chi connectivity index (χ1) is 9.27. The monoisotopic (exact) mass is 255 g/mol. The van der Waals surface area contributed by atoms with Crippen molar-refractivity contribution in [3.63, 3.8) is 0 Å². The van der Waals surface area contributed by atoms with E-state index in [1.807, 2.05) is 6.07 Å². The minimum absolute atomic E-state index is 0.525. The van der Waals surface area contributed by atoms with Gasteiger partial charge in [-0.3, -0.25) is 9.78 Å². The number of hydrogen-bond acceptors (Lipinski definition) is 4. The first kappa shape index (κ1) is 12.9. The lowest BCUT2D eigenvalue weighted by atomic mass is 10.1. The molecule has 0 aliphatic rings. The van der Waals surface area contributed by atoms with Gasteiger partial charge in [0.25, 0.3) is 5.91 Å². The number of benzene rings is 1. The van der Waals surface area contributed by atoms with Crippen LogP contribution in [0.1, 0.15) is 17.2 Å². The highest BCUT2D eigenvalue weighted by Crippen LogP contribution is 2.11. The number of hydrogen-bond donors (Lipinski definition) is 2. The smallest absolute Gasteiger partial charge is 0.273 e. The Hall–Kier alpha value is -2.53. The summed E-state index contributed by atoms with van der Waals surface area (Å²) in [7, 11) is 0. The second-order valence-electron chi connectivity index (χ2n) is 3.83. The fourth-order valence-electron chi connectivity index (χ4n) is 1.47. The Morgan fingerprint density at radius 1 is 1.26 bits per heavy atom. The Labute approximate surface area is 110 Å². The number of amides is 1. The van der Waals surface area contributed by atoms with E-state index in [1.54, 1.807) is 48.8 Å². The highest BCUT2D eigenvalue weighted by atomic mass is 16.3. The molecule has 1 heterocycles. The zero-order chi connectivity index (χ0) is 13.5. The van der Waals surface area contributed by atoms with E-state index in [9.17, 15) is 9.90 Å². The Balaban J connectivity index is 1.93. The Kier molecular flexibility index (Phi) is 4.36. The molecule has 1 aromatic heterocycles. The van der Waals surface area contributed by atoms with Crippen LogP contribution in [0, 0.1) is 0 Å². The van der Waals surface area contributed by atoms with E-state index in [0.717, 1.165) is 5.56 Å². The molecular weight excluding hydrogens is 242 g/mol. The van der Waals surface area contributed by atoms with Crippen molar-refractivity contribution in [2.24, 2.45) is 5.10 Å². The minimum atomic E-state index is -1.23. The molecule has 0 saturated heterocycles. The largest absolute Gasteiger partial charge is 0.378 e. The van der Waals surface area contributed by atoms with Gasteiger partial charge in [0.05, 0.1) is 6.21 Å². The fourth-order valence-corrected chi connectivity index (χ4v) is 1.47. The molecule has 2 aromatic rings. The second kappa shape index (κ2) is 6.42. The van der Waals surface area contributed by atoms with Crippen LogP contribution in [0.5, 0.6) is 0 Å². The van der Waals surface area contributed by atoms with Gasteiger partial charge >= 0.3 is 0 Å². The van der Waals surface area contributed by atoms with Gasteiger partial charge in [-0.05, 0) is 11.6 Å². The summed E-state index contributed by atoms with van der Waals surface area (Å²) in [5.74, 6) is -0.577. The van der Waals surface area contributed by atoms with Crippen LogP contribution >= 0.6 is 0 Å². The molecule has 0 bridgehead atoms. The third kappa shape index (κ3) is 3.72. The van der Waals surface area contributed by atoms with Crippen LogP contribution in [0.25, 0.3) is 0 Å². The molecule has 5 heteroatoms. The summed E-state index contributed by atoms with van der Waals surface area (Å²) in [4.78, 5) is 15.6. The van der Waals surface area contributed by atoms with Gasteiger partial charge in [0, 0.05) is 18.0 Å². The Morgan fingerprint density at radius 2 is 2.05 bits per heavy atom. The molecule has 0 radical (unpaired) electrons. The second-order valence-corrected chi connectivity index (χ2v) is 3.83. The number of carbonyl (C=O) groups excluding carboxylic acids is 1. The average Bonchev–Trinajstić information content (AvgIpc) is 2.48. The molecule has 0 saturated carbocycles. The van der Waals surface area contributed by atoms with Crippen LogP contribution in [-0.2, 0) is 4.79 Å². The number of pyridine rings is 1. The summed E-state index contributed by atoms with van der Waals surface area (Å²) >= 11 is 0. The molecule has 1 amide bonds. The lowest BCUT2D eigenvalue weighted by molar-refractivity contribution is -0.129. The van der Waals surface area contributed by atoms with Crippen molar-refractivity contribution in [1.82, 2.24) is 10.4 Å². The summed E-state index contributed by atoms with van der Waals surface area (Å²) in [6, 6.07) is 12.2. The summed E-state index contributed by atoms with van der Waals surface area (Å²) in [6.45, 7) is 0. The van der Waals surface area contributed by atoms with Crippen LogP contribution in [0.15, 0.2) is 60.0 Å². The maximum atomic E-state index is 11.6. The van der Waals surface area contributed by atoms with Crippen molar-refractivity contribution in [1.29, 1.82) is 0 Å². The van der Waals surface area contributed by atoms with Gasteiger partial charge in [0.15, 0.2) is 6.10 Å². The molecule has 1 atom stereocenters. The topological polar surface area (TPSA) is 74.6 Å². The van der Waals surface area contributed by atoms with Crippen LogP contribution in [0.2, 0.25) is 0 Å². The van der Waals surface area contributed by atoms with Crippen LogP contribution in [0.4, 0.5) is 0 Å². The van der Waals surface area contributed by atoms with Crippen molar-refractivity contribution >= 4 is 12.1 Å². The molecule has 2 N–H and O–H groups in total. The van der Waals surface area contributed by atoms with E-state index < -0.39 is 12.0 Å². The van der Waals surface area contributed by atoms with Crippen LogP contribution in [0.3, 0.4) is 0 Å². The number of hydrazone groups is 1. The lowest BCUT2D eigenvalue weighted by Crippen LogP contribution is -2.25. The van der Waals surface area contributed by atoms with E-state index in [2.05, 4.69) is 15.5 Å². The van der Waals surface area contributed by atoms with Gasteiger partial charge in [-0.25, -0.2) is 5.43 Å². The highest BCUT2D eigenvalue weighted by Gasteiger charge is 2.15. The third-order valence-corrected chi connectivity index (χ3v) is 2.44. The lowest BCUT2D eigenvalue weighted by Gasteiger charge is -2.08. The molecule has 0 spiro atoms. The number of nitrogens with one attached hydrogen (secondary N) is 1. The predicted molar refractivity (Wildman–Crippen MR) is 71.4 cm³/mol. The van der Waals surface area contributed by atoms with Crippen molar-refractivity contribution in [3.05, 3.63) is 66.0 Å². The van der Waals surface area contributed by atoms with E-state index in [1.165, 1.54) is 6.21 Å². The molecule has 0 fully saturated rings. The van der Waals surface area contributed by atoms with Gasteiger partial charge in [0.2, 0.25) is 0 Å². The quantitative estimate of drug-likeness (QED) is 0.638. The maximum absolute atomic E-state index is 11.6. The van der Waals surface area contributed by atoms with Crippen LogP contribution in [-0.4, -0.2) is 22.2 Å². The average molecular weight is 255 g/mol. The maximum Gasteiger partial charge on any atom is 0.273 e. The number of aliphatic hydroxyl groups is 1. The summed E-state index contributed by atoms with van der Waals surface area (Å²) in [5, 5.41) is 13.6. The van der Waals surface area contributed by atoms with Gasteiger partial charge in [-0.1, -0.05) is 36.4 Å². The highest BCUT2D eigenvalue weighted by molar-refractivity contribution is 5.84.